The summed E-state index contributed by atoms with van der Waals surface area (Å²) in [5, 5.41) is 6.95. The summed E-state index contributed by atoms with van der Waals surface area (Å²) in [6.07, 6.45) is 8.41. The van der Waals surface area contributed by atoms with Gasteiger partial charge in [0.15, 0.2) is 5.96 Å². The number of carbonyl (C=O) groups excluding carboxylic acids is 1. The average molecular weight is 527 g/mol. The summed E-state index contributed by atoms with van der Waals surface area (Å²) in [5.41, 5.74) is 2.18. The third-order valence-electron chi connectivity index (χ3n) is 6.34. The predicted octanol–water partition coefficient (Wildman–Crippen LogP) is 3.61. The Balaban J connectivity index is 0.00000320. The van der Waals surface area contributed by atoms with Gasteiger partial charge in [0.2, 0.25) is 5.91 Å². The molecular formula is C23H38IN5O. The third kappa shape index (κ3) is 6.83. The molecule has 7 heteroatoms. The van der Waals surface area contributed by atoms with Crippen LogP contribution in [-0.2, 0) is 11.3 Å². The van der Waals surface area contributed by atoms with Gasteiger partial charge in [-0.3, -0.25) is 9.79 Å². The van der Waals surface area contributed by atoms with Crippen molar-refractivity contribution in [2.24, 2.45) is 10.9 Å². The summed E-state index contributed by atoms with van der Waals surface area (Å²) >= 11 is 0. The molecule has 1 aliphatic carbocycles. The molecule has 3 rings (SSSR count). The highest BCUT2D eigenvalue weighted by molar-refractivity contribution is 14.0. The number of guanidine groups is 1. The minimum absolute atomic E-state index is 0. The van der Waals surface area contributed by atoms with Gasteiger partial charge in [-0.25, -0.2) is 0 Å². The van der Waals surface area contributed by atoms with E-state index in [0.717, 1.165) is 37.1 Å². The molecule has 1 unspecified atom stereocenters. The first kappa shape index (κ1) is 24.9. The minimum Gasteiger partial charge on any atom is -0.355 e. The lowest BCUT2D eigenvalue weighted by Gasteiger charge is -2.35. The fourth-order valence-electron chi connectivity index (χ4n) is 4.61. The van der Waals surface area contributed by atoms with E-state index in [2.05, 4.69) is 46.8 Å². The Hall–Kier alpha value is -1.35. The van der Waals surface area contributed by atoms with Crippen LogP contribution >= 0.6 is 24.0 Å². The molecule has 30 heavy (non-hydrogen) atoms. The molecule has 0 aromatic heterocycles. The molecule has 2 fully saturated rings. The third-order valence-corrected chi connectivity index (χ3v) is 6.34. The van der Waals surface area contributed by atoms with Crippen molar-refractivity contribution >= 4 is 41.5 Å². The number of hydrogen-bond donors (Lipinski definition) is 2. The van der Waals surface area contributed by atoms with Crippen LogP contribution < -0.4 is 15.5 Å². The van der Waals surface area contributed by atoms with Crippen molar-refractivity contribution in [2.45, 2.75) is 57.5 Å². The van der Waals surface area contributed by atoms with Crippen LogP contribution in [0.5, 0.6) is 0 Å². The second kappa shape index (κ2) is 12.5. The van der Waals surface area contributed by atoms with Crippen molar-refractivity contribution in [3.8, 4) is 0 Å². The second-order valence-corrected chi connectivity index (χ2v) is 8.55. The van der Waals surface area contributed by atoms with Crippen LogP contribution in [0.3, 0.4) is 0 Å². The number of nitrogens with one attached hydrogen (secondary N) is 2. The van der Waals surface area contributed by atoms with E-state index in [4.69, 9.17) is 0 Å². The van der Waals surface area contributed by atoms with Crippen LogP contribution in [0, 0.1) is 5.92 Å². The molecule has 1 heterocycles. The van der Waals surface area contributed by atoms with Gasteiger partial charge in [0.25, 0.3) is 0 Å². The summed E-state index contributed by atoms with van der Waals surface area (Å²) in [6.45, 7) is 2.46. The van der Waals surface area contributed by atoms with Gasteiger partial charge in [-0.15, -0.1) is 24.0 Å². The van der Waals surface area contributed by atoms with E-state index in [0.29, 0.717) is 19.0 Å². The van der Waals surface area contributed by atoms with Gasteiger partial charge in [0, 0.05) is 44.8 Å². The highest BCUT2D eigenvalue weighted by atomic mass is 127. The number of carbonyl (C=O) groups is 1. The van der Waals surface area contributed by atoms with Gasteiger partial charge in [-0.05, 0) is 57.0 Å². The van der Waals surface area contributed by atoms with E-state index in [1.54, 1.807) is 0 Å². The number of rotatable bonds is 7. The molecule has 1 aliphatic heterocycles. The Bertz CT molecular complexity index is 685. The first-order chi connectivity index (χ1) is 14.1. The first-order valence-electron chi connectivity index (χ1n) is 11.1. The zero-order valence-electron chi connectivity index (χ0n) is 18.7. The molecule has 168 valence electrons. The van der Waals surface area contributed by atoms with Crippen molar-refractivity contribution in [3.05, 3.63) is 29.8 Å². The lowest BCUT2D eigenvalue weighted by atomic mass is 9.83. The van der Waals surface area contributed by atoms with E-state index < -0.39 is 0 Å². The van der Waals surface area contributed by atoms with Gasteiger partial charge in [0.1, 0.15) is 0 Å². The van der Waals surface area contributed by atoms with Crippen LogP contribution in [0.15, 0.2) is 29.3 Å². The van der Waals surface area contributed by atoms with Crippen molar-refractivity contribution in [1.29, 1.82) is 0 Å². The Kier molecular flexibility index (Phi) is 10.4. The van der Waals surface area contributed by atoms with Crippen LogP contribution in [0.2, 0.25) is 0 Å². The highest BCUT2D eigenvalue weighted by Gasteiger charge is 2.25. The minimum atomic E-state index is 0. The van der Waals surface area contributed by atoms with E-state index in [1.165, 1.54) is 37.7 Å². The molecule has 1 saturated heterocycles. The number of nitrogens with zero attached hydrogens (tertiary/aromatic N) is 3. The molecule has 6 nitrogen and oxygen atoms in total. The fourth-order valence-corrected chi connectivity index (χ4v) is 4.61. The summed E-state index contributed by atoms with van der Waals surface area (Å²) in [4.78, 5) is 20.5. The molecule has 1 aromatic rings. The molecule has 1 atom stereocenters. The number of likely N-dealkylation sites (N-methyl/N-ethyl adjacent to an activating group) is 1. The van der Waals surface area contributed by atoms with Gasteiger partial charge in [0.05, 0.1) is 0 Å². The Morgan fingerprint density at radius 3 is 2.40 bits per heavy atom. The average Bonchev–Trinajstić information content (AvgIpc) is 3.17. The van der Waals surface area contributed by atoms with Crippen LogP contribution in [0.25, 0.3) is 0 Å². The Morgan fingerprint density at radius 2 is 1.83 bits per heavy atom. The van der Waals surface area contributed by atoms with Gasteiger partial charge in [-0.2, -0.15) is 0 Å². The zero-order chi connectivity index (χ0) is 20.6. The SMILES string of the molecule is CN=C(NCc1ccc(N2CCCC2=O)cc1)NCC(C1CCCCC1)N(C)C.I. The van der Waals surface area contributed by atoms with E-state index in [1.807, 2.05) is 24.1 Å². The maximum Gasteiger partial charge on any atom is 0.227 e. The number of benzene rings is 1. The van der Waals surface area contributed by atoms with Crippen LogP contribution in [-0.4, -0.2) is 57.0 Å². The molecule has 0 bridgehead atoms. The highest BCUT2D eigenvalue weighted by Crippen LogP contribution is 2.28. The van der Waals surface area contributed by atoms with Gasteiger partial charge in [-0.1, -0.05) is 31.4 Å². The lowest BCUT2D eigenvalue weighted by molar-refractivity contribution is -0.117. The van der Waals surface area contributed by atoms with Crippen LogP contribution in [0.4, 0.5) is 5.69 Å². The standard InChI is InChI=1S/C23H37N5O.HI/c1-24-23(26-17-21(27(2)3)19-8-5-4-6-9-19)25-16-18-11-13-20(14-12-18)28-15-7-10-22(28)29;/h11-14,19,21H,4-10,15-17H2,1-3H3,(H2,24,25,26);1H. The Labute approximate surface area is 198 Å². The largest absolute Gasteiger partial charge is 0.355 e. The van der Waals surface area contributed by atoms with Crippen molar-refractivity contribution < 1.29 is 4.79 Å². The molecule has 0 spiro atoms. The number of amides is 1. The normalized spacial score (nSPS) is 19.0. The fraction of sp³-hybridized carbons (Fsp3) is 0.652. The quantitative estimate of drug-likeness (QED) is 0.323. The monoisotopic (exact) mass is 527 g/mol. The smallest absolute Gasteiger partial charge is 0.227 e. The molecule has 1 amide bonds. The number of aliphatic imine (C=N–C) groups is 1. The number of halogens is 1. The molecule has 0 radical (unpaired) electrons. The van der Waals surface area contributed by atoms with Gasteiger partial charge < -0.3 is 20.4 Å². The van der Waals surface area contributed by atoms with E-state index in [9.17, 15) is 4.79 Å². The second-order valence-electron chi connectivity index (χ2n) is 8.55. The lowest BCUT2D eigenvalue weighted by Crippen LogP contribution is -2.48. The van der Waals surface area contributed by atoms with Crippen molar-refractivity contribution in [1.82, 2.24) is 15.5 Å². The molecular weight excluding hydrogens is 489 g/mol. The summed E-state index contributed by atoms with van der Waals surface area (Å²) in [6, 6.07) is 8.80. The van der Waals surface area contributed by atoms with Crippen LogP contribution in [0.1, 0.15) is 50.5 Å². The molecule has 2 N–H and O–H groups in total. The summed E-state index contributed by atoms with van der Waals surface area (Å²) in [7, 11) is 6.19. The maximum atomic E-state index is 11.9. The van der Waals surface area contributed by atoms with Crippen molar-refractivity contribution in [3.63, 3.8) is 0 Å². The maximum absolute atomic E-state index is 11.9. The molecule has 1 saturated carbocycles. The zero-order valence-corrected chi connectivity index (χ0v) is 21.0. The Morgan fingerprint density at radius 1 is 1.13 bits per heavy atom. The molecule has 2 aliphatic rings. The van der Waals surface area contributed by atoms with Crippen molar-refractivity contribution in [2.75, 3.05) is 39.1 Å². The van der Waals surface area contributed by atoms with E-state index in [-0.39, 0.29) is 29.9 Å². The number of hydrogen-bond acceptors (Lipinski definition) is 3. The predicted molar refractivity (Wildman–Crippen MR) is 136 cm³/mol. The topological polar surface area (TPSA) is 60.0 Å². The van der Waals surface area contributed by atoms with E-state index >= 15 is 0 Å². The summed E-state index contributed by atoms with van der Waals surface area (Å²) in [5.74, 6) is 1.84. The number of anilines is 1. The first-order valence-corrected chi connectivity index (χ1v) is 11.1. The van der Waals surface area contributed by atoms with Gasteiger partial charge >= 0.3 is 0 Å². The summed E-state index contributed by atoms with van der Waals surface area (Å²) < 4.78 is 0. The molecule has 1 aromatic carbocycles.